The molecule has 6 rings (SSSR count). The zero-order chi connectivity index (χ0) is 29.5. The predicted octanol–water partition coefficient (Wildman–Crippen LogP) is 5.93. The lowest BCUT2D eigenvalue weighted by Crippen LogP contribution is -2.59. The molecule has 2 aromatic heterocycles. The average Bonchev–Trinajstić information content (AvgIpc) is 2.96. The fraction of sp³-hybridized carbons (Fsp3) is 0.367. The first kappa shape index (κ1) is 27.8. The third kappa shape index (κ3) is 5.45. The molecular weight excluding hydrogens is 554 g/mol. The van der Waals surface area contributed by atoms with Crippen LogP contribution in [-0.4, -0.2) is 51.0 Å². The van der Waals surface area contributed by atoms with Gasteiger partial charge in [-0.2, -0.15) is 13.2 Å². The first-order chi connectivity index (χ1) is 20.1. The summed E-state index contributed by atoms with van der Waals surface area (Å²) in [5.41, 5.74) is 0.436. The molecule has 5 heterocycles. The summed E-state index contributed by atoms with van der Waals surface area (Å²) in [7, 11) is 0. The number of rotatable bonds is 5. The number of pyridine rings is 2. The second-order valence-electron chi connectivity index (χ2n) is 10.9. The van der Waals surface area contributed by atoms with Gasteiger partial charge in [0.15, 0.2) is 17.0 Å². The maximum atomic E-state index is 15.0. The molecule has 8 nitrogen and oxygen atoms in total. The smallest absolute Gasteiger partial charge is 0.433 e. The number of fused-ring (bicyclic) bond motifs is 3. The number of hydrogen-bond acceptors (Lipinski definition) is 7. The molecule has 0 aliphatic carbocycles. The number of alkyl halides is 3. The van der Waals surface area contributed by atoms with Crippen LogP contribution >= 0.6 is 0 Å². The summed E-state index contributed by atoms with van der Waals surface area (Å²) in [6.07, 6.45) is 2.19. The Kier molecular flexibility index (Phi) is 7.15. The fourth-order valence-electron chi connectivity index (χ4n) is 5.78. The Bertz CT molecular complexity index is 1620. The van der Waals surface area contributed by atoms with Crippen LogP contribution in [-0.2, 0) is 17.5 Å². The molecule has 2 saturated heterocycles. The van der Waals surface area contributed by atoms with E-state index in [4.69, 9.17) is 14.5 Å². The lowest BCUT2D eigenvalue weighted by Gasteiger charge is -2.55. The summed E-state index contributed by atoms with van der Waals surface area (Å²) in [6.45, 7) is 4.34. The molecule has 3 aliphatic heterocycles. The second-order valence-corrected chi connectivity index (χ2v) is 10.9. The third-order valence-electron chi connectivity index (χ3n) is 7.96. The zero-order valence-corrected chi connectivity index (χ0v) is 22.9. The molecule has 0 bridgehead atoms. The van der Waals surface area contributed by atoms with E-state index in [0.717, 1.165) is 50.8 Å². The molecule has 0 spiro atoms. The van der Waals surface area contributed by atoms with Gasteiger partial charge in [-0.1, -0.05) is 6.07 Å². The van der Waals surface area contributed by atoms with Crippen molar-refractivity contribution in [2.75, 3.05) is 19.8 Å². The van der Waals surface area contributed by atoms with Crippen molar-refractivity contribution in [1.82, 2.24) is 19.8 Å². The lowest BCUT2D eigenvalue weighted by atomic mass is 9.82. The minimum atomic E-state index is -4.65. The topological polar surface area (TPSA) is 83.0 Å². The molecule has 1 unspecified atom stereocenters. The number of piperidine rings is 1. The molecule has 220 valence electrons. The lowest BCUT2D eigenvalue weighted by molar-refractivity contribution is -0.141. The van der Waals surface area contributed by atoms with E-state index < -0.39 is 17.7 Å². The van der Waals surface area contributed by atoms with Crippen molar-refractivity contribution < 1.29 is 27.0 Å². The van der Waals surface area contributed by atoms with E-state index in [9.17, 15) is 22.4 Å². The maximum absolute atomic E-state index is 15.0. The van der Waals surface area contributed by atoms with Crippen LogP contribution in [0.4, 0.5) is 17.6 Å². The molecule has 0 amide bonds. The van der Waals surface area contributed by atoms with E-state index in [0.29, 0.717) is 35.5 Å². The van der Waals surface area contributed by atoms with Gasteiger partial charge < -0.3 is 24.3 Å². The minimum absolute atomic E-state index is 0.0124. The number of hydrogen-bond donors (Lipinski definition) is 1. The van der Waals surface area contributed by atoms with E-state index in [1.165, 1.54) is 30.3 Å². The Balaban J connectivity index is 1.26. The Morgan fingerprint density at radius 2 is 1.93 bits per heavy atom. The van der Waals surface area contributed by atoms with E-state index in [-0.39, 0.29) is 29.1 Å². The van der Waals surface area contributed by atoms with Gasteiger partial charge in [-0.3, -0.25) is 9.78 Å². The van der Waals surface area contributed by atoms with Crippen molar-refractivity contribution in [1.29, 1.82) is 0 Å². The molecule has 1 atom stereocenters. The molecule has 0 saturated carbocycles. The van der Waals surface area contributed by atoms with Gasteiger partial charge in [-0.15, -0.1) is 0 Å². The maximum Gasteiger partial charge on any atom is 0.433 e. The van der Waals surface area contributed by atoms with Gasteiger partial charge in [0.05, 0.1) is 5.69 Å². The Hall–Kier alpha value is -4.35. The number of H-pyrrole nitrogens is 1. The van der Waals surface area contributed by atoms with Gasteiger partial charge in [0.2, 0.25) is 5.90 Å². The van der Waals surface area contributed by atoms with Gasteiger partial charge in [-0.25, -0.2) is 9.38 Å². The van der Waals surface area contributed by atoms with Crippen molar-refractivity contribution >= 4 is 11.5 Å². The number of benzene rings is 1. The van der Waals surface area contributed by atoms with Crippen molar-refractivity contribution in [2.24, 2.45) is 4.99 Å². The third-order valence-corrected chi connectivity index (χ3v) is 7.96. The van der Waals surface area contributed by atoms with Crippen LogP contribution in [0.25, 0.3) is 5.57 Å². The highest BCUT2D eigenvalue weighted by Gasteiger charge is 2.44. The van der Waals surface area contributed by atoms with Gasteiger partial charge in [0.25, 0.3) is 0 Å². The van der Waals surface area contributed by atoms with Crippen molar-refractivity contribution in [3.63, 3.8) is 0 Å². The number of halogens is 4. The van der Waals surface area contributed by atoms with Crippen LogP contribution in [0.15, 0.2) is 70.5 Å². The second kappa shape index (κ2) is 10.8. The van der Waals surface area contributed by atoms with Gasteiger partial charge in [-0.05, 0) is 56.4 Å². The van der Waals surface area contributed by atoms with Gasteiger partial charge in [0.1, 0.15) is 36.1 Å². The normalized spacial score (nSPS) is 20.5. The highest BCUT2D eigenvalue weighted by Crippen LogP contribution is 2.43. The molecule has 12 heteroatoms. The molecule has 1 aromatic carbocycles. The Labute approximate surface area is 239 Å². The summed E-state index contributed by atoms with van der Waals surface area (Å²) in [5.74, 6) is 0.128. The van der Waals surface area contributed by atoms with Crippen LogP contribution in [0, 0.1) is 5.82 Å². The van der Waals surface area contributed by atoms with Crippen LogP contribution in [0.1, 0.15) is 49.6 Å². The van der Waals surface area contributed by atoms with E-state index in [1.807, 2.05) is 0 Å². The Morgan fingerprint density at radius 1 is 1.07 bits per heavy atom. The molecule has 1 N–H and O–H groups in total. The first-order valence-electron chi connectivity index (χ1n) is 13.7. The molecular formula is C30H29F4N5O3. The summed E-state index contributed by atoms with van der Waals surface area (Å²) in [4.78, 5) is 28.1. The zero-order valence-electron chi connectivity index (χ0n) is 22.9. The molecule has 3 aromatic rings. The standard InChI is InChI=1S/C30H29F4N5O3/c1-29-8-2-3-12-39(29)28-26(23-15-20(40)6-10-35-23)27(37-18-38(28)13-9-29)41-17-19-4-5-24(22(31)14-19)42-21-7-11-36-25(16-21)30(32,33)34/h4-7,10-11,14-16H,2-3,8-9,12-13,17-18H2,1H3,(H,35,40). The fourth-order valence-corrected chi connectivity index (χ4v) is 5.78. The number of aromatic amines is 1. The molecule has 42 heavy (non-hydrogen) atoms. The monoisotopic (exact) mass is 583 g/mol. The summed E-state index contributed by atoms with van der Waals surface area (Å²) >= 11 is 0. The highest BCUT2D eigenvalue weighted by molar-refractivity contribution is 6.20. The van der Waals surface area contributed by atoms with Crippen LogP contribution < -0.4 is 10.2 Å². The van der Waals surface area contributed by atoms with Crippen molar-refractivity contribution in [2.45, 2.75) is 50.9 Å². The van der Waals surface area contributed by atoms with Crippen molar-refractivity contribution in [3.05, 3.63) is 93.7 Å². The van der Waals surface area contributed by atoms with Crippen molar-refractivity contribution in [3.8, 4) is 11.5 Å². The minimum Gasteiger partial charge on any atom is -0.472 e. The van der Waals surface area contributed by atoms with Gasteiger partial charge in [0, 0.05) is 49.2 Å². The van der Waals surface area contributed by atoms with E-state index in [1.54, 1.807) is 12.3 Å². The predicted molar refractivity (Wildman–Crippen MR) is 147 cm³/mol. The van der Waals surface area contributed by atoms with Gasteiger partial charge >= 0.3 is 6.18 Å². The number of aromatic nitrogens is 2. The summed E-state index contributed by atoms with van der Waals surface area (Å²) in [5, 5.41) is 0. The van der Waals surface area contributed by atoms with Crippen LogP contribution in [0.5, 0.6) is 11.5 Å². The first-order valence-corrected chi connectivity index (χ1v) is 13.7. The SMILES string of the molecule is CC12CCCCN1C1=C(c3cc(=O)cc[nH]3)C(OCc3ccc(Oc4ccnc(C(F)(F)F)c4)c(F)c3)=NCN1CC2. The van der Waals surface area contributed by atoms with E-state index in [2.05, 4.69) is 26.7 Å². The molecule has 3 aliphatic rings. The largest absolute Gasteiger partial charge is 0.472 e. The quantitative estimate of drug-likeness (QED) is 0.376. The van der Waals surface area contributed by atoms with E-state index >= 15 is 0 Å². The number of aliphatic imine (C=N–C) groups is 1. The molecule has 2 fully saturated rings. The van der Waals surface area contributed by atoms with Crippen LogP contribution in [0.2, 0.25) is 0 Å². The number of ether oxygens (including phenoxy) is 2. The highest BCUT2D eigenvalue weighted by atomic mass is 19.4. The summed E-state index contributed by atoms with van der Waals surface area (Å²) in [6, 6.07) is 9.01. The Morgan fingerprint density at radius 3 is 2.71 bits per heavy atom. The summed E-state index contributed by atoms with van der Waals surface area (Å²) < 4.78 is 65.5. The molecule has 0 radical (unpaired) electrons. The number of nitrogens with one attached hydrogen (secondary N) is 1. The average molecular weight is 584 g/mol. The number of nitrogens with zero attached hydrogens (tertiary/aromatic N) is 4. The van der Waals surface area contributed by atoms with Crippen LogP contribution in [0.3, 0.4) is 0 Å².